The van der Waals surface area contributed by atoms with Crippen LogP contribution >= 0.6 is 0 Å². The minimum atomic E-state index is -4.80. The van der Waals surface area contributed by atoms with E-state index in [0.29, 0.717) is 0 Å². The van der Waals surface area contributed by atoms with E-state index < -0.39 is 36.2 Å². The molecule has 0 bridgehead atoms. The van der Waals surface area contributed by atoms with Gasteiger partial charge in [-0.2, -0.15) is 13.2 Å². The molecular weight excluding hydrogens is 241 g/mol. The third kappa shape index (κ3) is 3.05. The summed E-state index contributed by atoms with van der Waals surface area (Å²) >= 11 is 0. The zero-order chi connectivity index (χ0) is 13.2. The zero-order valence-corrected chi connectivity index (χ0v) is 8.52. The average molecular weight is 252 g/mol. The van der Waals surface area contributed by atoms with Crippen molar-refractivity contribution < 1.29 is 28.5 Å². The van der Waals surface area contributed by atoms with Crippen LogP contribution in [0.2, 0.25) is 0 Å². The van der Waals surface area contributed by atoms with E-state index in [-0.39, 0.29) is 5.82 Å². The largest absolute Gasteiger partial charge is 0.433 e. The van der Waals surface area contributed by atoms with Gasteiger partial charge in [0, 0.05) is 5.56 Å². The number of alkyl halides is 3. The molecule has 96 valence electrons. The number of aliphatic hydroxyl groups excluding tert-OH is 3. The van der Waals surface area contributed by atoms with Crippen LogP contribution in [0.3, 0.4) is 0 Å². The van der Waals surface area contributed by atoms with E-state index in [0.717, 1.165) is 12.1 Å². The van der Waals surface area contributed by atoms with Crippen LogP contribution in [0, 0.1) is 0 Å². The van der Waals surface area contributed by atoms with E-state index in [9.17, 15) is 18.3 Å². The predicted octanol–water partition coefficient (Wildman–Crippen LogP) is 0.0692. The first kappa shape index (κ1) is 13.7. The van der Waals surface area contributed by atoms with Crippen LogP contribution in [-0.4, -0.2) is 33.0 Å². The van der Waals surface area contributed by atoms with E-state index in [1.54, 1.807) is 0 Å². The van der Waals surface area contributed by atoms with Crippen molar-refractivity contribution >= 4 is 5.82 Å². The number of nitrogen functional groups attached to an aromatic ring is 1. The minimum absolute atomic E-state index is 0.355. The lowest BCUT2D eigenvalue weighted by Crippen LogP contribution is -2.25. The molecule has 5 N–H and O–H groups in total. The maximum absolute atomic E-state index is 12.6. The summed E-state index contributed by atoms with van der Waals surface area (Å²) in [6.07, 6.45) is -8.41. The Morgan fingerprint density at radius 2 is 1.88 bits per heavy atom. The van der Waals surface area contributed by atoms with Crippen LogP contribution < -0.4 is 5.73 Å². The molecule has 17 heavy (non-hydrogen) atoms. The van der Waals surface area contributed by atoms with Crippen molar-refractivity contribution in [3.8, 4) is 0 Å². The second-order valence-electron chi connectivity index (χ2n) is 3.37. The molecule has 0 aliphatic heterocycles. The van der Waals surface area contributed by atoms with Gasteiger partial charge in [0.05, 0.1) is 6.61 Å². The predicted molar refractivity (Wildman–Crippen MR) is 51.7 cm³/mol. The molecule has 8 heteroatoms. The molecule has 0 spiro atoms. The summed E-state index contributed by atoms with van der Waals surface area (Å²) in [7, 11) is 0. The lowest BCUT2D eigenvalue weighted by atomic mass is 10.0. The number of nitrogens with zero attached hydrogens (tertiary/aromatic N) is 1. The summed E-state index contributed by atoms with van der Waals surface area (Å²) in [6.45, 7) is -0.872. The highest BCUT2D eigenvalue weighted by molar-refractivity contribution is 5.37. The van der Waals surface area contributed by atoms with Gasteiger partial charge in [0.25, 0.3) is 0 Å². The standard InChI is InChI=1S/C9H11F3N2O3/c10-9(11,12)8-4(1-2-6(13)14-8)7(17)5(16)3-15/h1-2,5,7,15-17H,3H2,(H2,13,14). The third-order valence-electron chi connectivity index (χ3n) is 2.09. The quantitative estimate of drug-likeness (QED) is 0.610. The van der Waals surface area contributed by atoms with Gasteiger partial charge in [-0.25, -0.2) is 4.98 Å². The summed E-state index contributed by atoms with van der Waals surface area (Å²) in [6, 6.07) is 1.98. The molecule has 0 aromatic carbocycles. The van der Waals surface area contributed by atoms with Crippen LogP contribution in [-0.2, 0) is 6.18 Å². The number of hydrogen-bond donors (Lipinski definition) is 4. The van der Waals surface area contributed by atoms with Crippen LogP contribution in [0.4, 0.5) is 19.0 Å². The smallest absolute Gasteiger partial charge is 0.394 e. The molecule has 2 unspecified atom stereocenters. The van der Waals surface area contributed by atoms with E-state index in [4.69, 9.17) is 15.9 Å². The first-order valence-electron chi connectivity index (χ1n) is 4.58. The van der Waals surface area contributed by atoms with Crippen molar-refractivity contribution in [1.82, 2.24) is 4.98 Å². The molecule has 0 amide bonds. The third-order valence-corrected chi connectivity index (χ3v) is 2.09. The van der Waals surface area contributed by atoms with E-state index >= 15 is 0 Å². The molecule has 1 heterocycles. The topological polar surface area (TPSA) is 99.6 Å². The number of halogens is 3. The summed E-state index contributed by atoms with van der Waals surface area (Å²) < 4.78 is 37.7. The number of hydrogen-bond acceptors (Lipinski definition) is 5. The molecule has 0 saturated heterocycles. The monoisotopic (exact) mass is 252 g/mol. The van der Waals surface area contributed by atoms with Crippen molar-refractivity contribution in [2.75, 3.05) is 12.3 Å². The average Bonchev–Trinajstić information content (AvgIpc) is 2.25. The van der Waals surface area contributed by atoms with Gasteiger partial charge in [0.1, 0.15) is 18.0 Å². The van der Waals surface area contributed by atoms with Crippen LogP contribution in [0.25, 0.3) is 0 Å². The first-order chi connectivity index (χ1) is 7.77. The summed E-state index contributed by atoms with van der Waals surface area (Å²) in [5.41, 5.74) is 3.12. The van der Waals surface area contributed by atoms with Gasteiger partial charge in [0.15, 0.2) is 5.69 Å². The molecule has 2 atom stereocenters. The van der Waals surface area contributed by atoms with Gasteiger partial charge >= 0.3 is 6.18 Å². The van der Waals surface area contributed by atoms with Crippen LogP contribution in [0.1, 0.15) is 17.4 Å². The lowest BCUT2D eigenvalue weighted by molar-refractivity contribution is -0.143. The van der Waals surface area contributed by atoms with Gasteiger partial charge in [-0.1, -0.05) is 6.07 Å². The summed E-state index contributed by atoms with van der Waals surface area (Å²) in [4.78, 5) is 3.08. The fourth-order valence-corrected chi connectivity index (χ4v) is 1.26. The second kappa shape index (κ2) is 4.86. The van der Waals surface area contributed by atoms with Crippen LogP contribution in [0.15, 0.2) is 12.1 Å². The van der Waals surface area contributed by atoms with E-state index in [1.165, 1.54) is 0 Å². The number of aromatic nitrogens is 1. The van der Waals surface area contributed by atoms with E-state index in [1.807, 2.05) is 0 Å². The van der Waals surface area contributed by atoms with Crippen molar-refractivity contribution in [1.29, 1.82) is 0 Å². The normalized spacial score (nSPS) is 15.6. The number of rotatable bonds is 3. The van der Waals surface area contributed by atoms with Crippen molar-refractivity contribution in [3.63, 3.8) is 0 Å². The highest BCUT2D eigenvalue weighted by atomic mass is 19.4. The second-order valence-corrected chi connectivity index (χ2v) is 3.37. The molecule has 0 saturated carbocycles. The molecule has 5 nitrogen and oxygen atoms in total. The SMILES string of the molecule is Nc1ccc(C(O)C(O)CO)c(C(F)(F)F)n1. The molecule has 1 aromatic heterocycles. The molecule has 1 rings (SSSR count). The maximum atomic E-state index is 12.6. The number of anilines is 1. The zero-order valence-electron chi connectivity index (χ0n) is 8.52. The highest BCUT2D eigenvalue weighted by Gasteiger charge is 2.38. The van der Waals surface area contributed by atoms with Crippen LogP contribution in [0.5, 0.6) is 0 Å². The van der Waals surface area contributed by atoms with Gasteiger partial charge in [-0.15, -0.1) is 0 Å². The Morgan fingerprint density at radius 3 is 2.35 bits per heavy atom. The Hall–Kier alpha value is -1.38. The van der Waals surface area contributed by atoms with Gasteiger partial charge in [-0.3, -0.25) is 0 Å². The molecule has 0 aliphatic rings. The van der Waals surface area contributed by atoms with Gasteiger partial charge in [-0.05, 0) is 6.07 Å². The summed E-state index contributed by atoms with van der Waals surface area (Å²) in [5, 5.41) is 27.1. The first-order valence-corrected chi connectivity index (χ1v) is 4.58. The Balaban J connectivity index is 3.24. The molecule has 0 fully saturated rings. The van der Waals surface area contributed by atoms with Gasteiger partial charge in [0.2, 0.25) is 0 Å². The number of pyridine rings is 1. The molecule has 0 aliphatic carbocycles. The molecule has 1 aromatic rings. The van der Waals surface area contributed by atoms with E-state index in [2.05, 4.69) is 4.98 Å². The van der Waals surface area contributed by atoms with Crippen molar-refractivity contribution in [2.45, 2.75) is 18.4 Å². The molecular formula is C9H11F3N2O3. The number of nitrogens with two attached hydrogens (primary N) is 1. The Kier molecular flexibility index (Phi) is 3.91. The Bertz CT molecular complexity index is 398. The fraction of sp³-hybridized carbons (Fsp3) is 0.444. The maximum Gasteiger partial charge on any atom is 0.433 e. The number of aliphatic hydroxyl groups is 3. The molecule has 0 radical (unpaired) electrons. The Labute approximate surface area is 94.3 Å². The Morgan fingerprint density at radius 1 is 1.29 bits per heavy atom. The fourth-order valence-electron chi connectivity index (χ4n) is 1.26. The minimum Gasteiger partial charge on any atom is -0.394 e. The van der Waals surface area contributed by atoms with Crippen molar-refractivity contribution in [2.24, 2.45) is 0 Å². The summed E-state index contributed by atoms with van der Waals surface area (Å²) in [5.74, 6) is -0.355. The lowest BCUT2D eigenvalue weighted by Gasteiger charge is -2.19. The van der Waals surface area contributed by atoms with Crippen molar-refractivity contribution in [3.05, 3.63) is 23.4 Å². The van der Waals surface area contributed by atoms with Gasteiger partial charge < -0.3 is 21.1 Å². The highest BCUT2D eigenvalue weighted by Crippen LogP contribution is 2.34.